The van der Waals surface area contributed by atoms with Gasteiger partial charge in [-0.2, -0.15) is 0 Å². The van der Waals surface area contributed by atoms with E-state index in [1.807, 2.05) is 30.9 Å². The monoisotopic (exact) mass is 458 g/mol. The van der Waals surface area contributed by atoms with Crippen molar-refractivity contribution < 1.29 is 14.0 Å². The van der Waals surface area contributed by atoms with Crippen molar-refractivity contribution in [2.75, 3.05) is 38.5 Å². The summed E-state index contributed by atoms with van der Waals surface area (Å²) in [7, 11) is 2.05. The fourth-order valence-electron chi connectivity index (χ4n) is 4.84. The van der Waals surface area contributed by atoms with E-state index in [-0.39, 0.29) is 17.6 Å². The Morgan fingerprint density at radius 2 is 1.71 bits per heavy atom. The molecule has 0 aliphatic carbocycles. The zero-order valence-electron chi connectivity index (χ0n) is 19.5. The standard InChI is InChI=1S/C27H27FN4O2/c1-16-23(29-17(2)24(16)27(34)32-13-11-31(3)12-14-32)15-20-25-19(18-7-4-5-9-21(18)28)8-6-10-22(25)30-26(20)33/h4-10,15,29H,11-14H2,1-3H3,(H,30,33)/b20-15-. The maximum absolute atomic E-state index is 14.6. The number of benzene rings is 2. The second-order valence-corrected chi connectivity index (χ2v) is 8.98. The molecule has 2 aliphatic rings. The second kappa shape index (κ2) is 8.57. The van der Waals surface area contributed by atoms with Gasteiger partial charge in [0.25, 0.3) is 11.8 Å². The fourth-order valence-corrected chi connectivity index (χ4v) is 4.84. The van der Waals surface area contributed by atoms with Gasteiger partial charge in [0.1, 0.15) is 5.82 Å². The number of hydrogen-bond acceptors (Lipinski definition) is 3. The van der Waals surface area contributed by atoms with E-state index < -0.39 is 0 Å². The van der Waals surface area contributed by atoms with Crippen LogP contribution in [0, 0.1) is 19.7 Å². The number of rotatable bonds is 3. The molecular formula is C27H27FN4O2. The summed E-state index contributed by atoms with van der Waals surface area (Å²) in [4.78, 5) is 33.6. The number of aromatic nitrogens is 1. The summed E-state index contributed by atoms with van der Waals surface area (Å²) in [6, 6.07) is 12.0. The zero-order valence-corrected chi connectivity index (χ0v) is 19.5. The number of carbonyl (C=O) groups is 2. The number of fused-ring (bicyclic) bond motifs is 1. The first-order valence-electron chi connectivity index (χ1n) is 11.4. The van der Waals surface area contributed by atoms with Crippen LogP contribution in [0.5, 0.6) is 0 Å². The number of likely N-dealkylation sites (N-methyl/N-ethyl adjacent to an activating group) is 1. The predicted octanol–water partition coefficient (Wildman–Crippen LogP) is 4.32. The first kappa shape index (κ1) is 22.1. The van der Waals surface area contributed by atoms with Crippen LogP contribution in [0.15, 0.2) is 42.5 Å². The van der Waals surface area contributed by atoms with Crippen LogP contribution < -0.4 is 5.32 Å². The van der Waals surface area contributed by atoms with Crippen LogP contribution in [0.1, 0.15) is 32.9 Å². The Morgan fingerprint density at radius 3 is 2.44 bits per heavy atom. The smallest absolute Gasteiger partial charge is 0.256 e. The Labute approximate surface area is 198 Å². The Balaban J connectivity index is 1.57. The molecule has 0 unspecified atom stereocenters. The highest BCUT2D eigenvalue weighted by atomic mass is 19.1. The van der Waals surface area contributed by atoms with Gasteiger partial charge >= 0.3 is 0 Å². The lowest BCUT2D eigenvalue weighted by atomic mass is 9.93. The van der Waals surface area contributed by atoms with E-state index in [2.05, 4.69) is 22.2 Å². The van der Waals surface area contributed by atoms with Crippen LogP contribution in [-0.4, -0.2) is 59.8 Å². The van der Waals surface area contributed by atoms with Crippen molar-refractivity contribution in [2.24, 2.45) is 0 Å². The lowest BCUT2D eigenvalue weighted by Gasteiger charge is -2.32. The molecule has 1 fully saturated rings. The summed E-state index contributed by atoms with van der Waals surface area (Å²) in [5.74, 6) is -0.591. The third kappa shape index (κ3) is 3.72. The van der Waals surface area contributed by atoms with E-state index in [1.54, 1.807) is 30.3 Å². The van der Waals surface area contributed by atoms with Gasteiger partial charge in [-0.25, -0.2) is 4.39 Å². The molecule has 2 aromatic carbocycles. The highest BCUT2D eigenvalue weighted by Crippen LogP contribution is 2.41. The number of aromatic amines is 1. The maximum atomic E-state index is 14.6. The maximum Gasteiger partial charge on any atom is 0.256 e. The molecule has 0 radical (unpaired) electrons. The number of anilines is 1. The number of hydrogen-bond donors (Lipinski definition) is 2. The SMILES string of the molecule is Cc1[nH]c(/C=C2\C(=O)Nc3cccc(-c4ccccc4F)c32)c(C)c1C(=O)N1CCN(C)CC1. The molecule has 0 saturated carbocycles. The third-order valence-electron chi connectivity index (χ3n) is 6.76. The second-order valence-electron chi connectivity index (χ2n) is 8.98. The van der Waals surface area contributed by atoms with Gasteiger partial charge in [0.2, 0.25) is 0 Å². The minimum absolute atomic E-state index is 0.00678. The molecule has 1 saturated heterocycles. The first-order valence-corrected chi connectivity index (χ1v) is 11.4. The summed E-state index contributed by atoms with van der Waals surface area (Å²) in [5, 5.41) is 2.89. The van der Waals surface area contributed by atoms with E-state index in [0.717, 1.165) is 24.3 Å². The van der Waals surface area contributed by atoms with Crippen molar-refractivity contribution in [3.05, 3.63) is 76.4 Å². The Hall–Kier alpha value is -3.71. The van der Waals surface area contributed by atoms with Crippen LogP contribution in [0.4, 0.5) is 10.1 Å². The van der Waals surface area contributed by atoms with Crippen LogP contribution in [0.2, 0.25) is 0 Å². The van der Waals surface area contributed by atoms with Crippen molar-refractivity contribution in [2.45, 2.75) is 13.8 Å². The topological polar surface area (TPSA) is 68.4 Å². The molecular weight excluding hydrogens is 431 g/mol. The molecule has 174 valence electrons. The number of carbonyl (C=O) groups excluding carboxylic acids is 2. The summed E-state index contributed by atoms with van der Waals surface area (Å²) in [6.07, 6.45) is 1.77. The lowest BCUT2D eigenvalue weighted by Crippen LogP contribution is -2.47. The lowest BCUT2D eigenvalue weighted by molar-refractivity contribution is -0.110. The molecule has 3 aromatic rings. The fraction of sp³-hybridized carbons (Fsp3) is 0.259. The van der Waals surface area contributed by atoms with Crippen molar-refractivity contribution in [1.82, 2.24) is 14.8 Å². The van der Waals surface area contributed by atoms with Crippen molar-refractivity contribution in [3.8, 4) is 11.1 Å². The molecule has 1 aromatic heterocycles. The minimum atomic E-state index is -0.346. The predicted molar refractivity (Wildman–Crippen MR) is 132 cm³/mol. The number of nitrogens with zero attached hydrogens (tertiary/aromatic N) is 2. The van der Waals surface area contributed by atoms with Gasteiger partial charge in [-0.1, -0.05) is 30.3 Å². The zero-order chi connectivity index (χ0) is 24.0. The molecule has 34 heavy (non-hydrogen) atoms. The normalized spacial score (nSPS) is 17.2. The quantitative estimate of drug-likeness (QED) is 0.575. The number of halogens is 1. The minimum Gasteiger partial charge on any atom is -0.358 e. The van der Waals surface area contributed by atoms with E-state index >= 15 is 0 Å². The Bertz CT molecular complexity index is 1330. The van der Waals surface area contributed by atoms with Crippen LogP contribution >= 0.6 is 0 Å². The van der Waals surface area contributed by atoms with Crippen molar-refractivity contribution in [3.63, 3.8) is 0 Å². The summed E-state index contributed by atoms with van der Waals surface area (Å²) in [6.45, 7) is 6.86. The molecule has 7 heteroatoms. The van der Waals surface area contributed by atoms with E-state index in [1.165, 1.54) is 6.07 Å². The van der Waals surface area contributed by atoms with Gasteiger partial charge < -0.3 is 20.1 Å². The van der Waals surface area contributed by atoms with Crippen molar-refractivity contribution in [1.29, 1.82) is 0 Å². The highest BCUT2D eigenvalue weighted by molar-refractivity contribution is 6.36. The van der Waals surface area contributed by atoms with E-state index in [0.29, 0.717) is 52.3 Å². The molecule has 5 rings (SSSR count). The van der Waals surface area contributed by atoms with E-state index in [9.17, 15) is 14.0 Å². The van der Waals surface area contributed by atoms with E-state index in [4.69, 9.17) is 0 Å². The molecule has 2 N–H and O–H groups in total. The number of piperazine rings is 1. The number of aryl methyl sites for hydroxylation is 1. The summed E-state index contributed by atoms with van der Waals surface area (Å²) >= 11 is 0. The van der Waals surface area contributed by atoms with Gasteiger partial charge in [0, 0.05) is 54.4 Å². The molecule has 3 heterocycles. The summed E-state index contributed by atoms with van der Waals surface area (Å²) < 4.78 is 14.6. The van der Waals surface area contributed by atoms with Crippen molar-refractivity contribution >= 4 is 29.2 Å². The molecule has 6 nitrogen and oxygen atoms in total. The highest BCUT2D eigenvalue weighted by Gasteiger charge is 2.30. The average molecular weight is 459 g/mol. The van der Waals surface area contributed by atoms with Crippen LogP contribution in [0.3, 0.4) is 0 Å². The molecule has 0 spiro atoms. The molecule has 2 aliphatic heterocycles. The van der Waals surface area contributed by atoms with Crippen LogP contribution in [-0.2, 0) is 4.79 Å². The number of amides is 2. The van der Waals surface area contributed by atoms with Gasteiger partial charge in [-0.15, -0.1) is 0 Å². The summed E-state index contributed by atoms with van der Waals surface area (Å²) in [5.41, 5.74) is 5.77. The van der Waals surface area contributed by atoms with Gasteiger partial charge in [-0.3, -0.25) is 9.59 Å². The van der Waals surface area contributed by atoms with Gasteiger partial charge in [0.05, 0.1) is 11.1 Å². The number of nitrogens with one attached hydrogen (secondary N) is 2. The Kier molecular flexibility index (Phi) is 5.57. The first-order chi connectivity index (χ1) is 16.3. The average Bonchev–Trinajstić information content (AvgIpc) is 3.29. The van der Waals surface area contributed by atoms with Gasteiger partial charge in [-0.05, 0) is 50.2 Å². The Morgan fingerprint density at radius 1 is 1.00 bits per heavy atom. The largest absolute Gasteiger partial charge is 0.358 e. The molecule has 0 bridgehead atoms. The molecule has 0 atom stereocenters. The van der Waals surface area contributed by atoms with Crippen LogP contribution in [0.25, 0.3) is 22.8 Å². The third-order valence-corrected chi connectivity index (χ3v) is 6.76. The number of H-pyrrole nitrogens is 1. The molecule has 2 amide bonds. The van der Waals surface area contributed by atoms with Gasteiger partial charge in [0.15, 0.2) is 0 Å².